The molecule has 1 aromatic carbocycles. The Labute approximate surface area is 210 Å². The van der Waals surface area contributed by atoms with Gasteiger partial charge in [-0.05, 0) is 49.8 Å². The quantitative estimate of drug-likeness (QED) is 0.667. The maximum Gasteiger partial charge on any atom is 0.229 e. The van der Waals surface area contributed by atoms with Crippen LogP contribution in [-0.2, 0) is 14.3 Å². The van der Waals surface area contributed by atoms with E-state index in [9.17, 15) is 9.90 Å². The van der Waals surface area contributed by atoms with Gasteiger partial charge in [-0.3, -0.25) is 9.69 Å². The number of nitrogens with one attached hydrogen (secondary N) is 1. The highest BCUT2D eigenvalue weighted by molar-refractivity contribution is 6.34. The second-order valence-electron chi connectivity index (χ2n) is 10.8. The number of halogens is 1. The Morgan fingerprint density at radius 2 is 2.00 bits per heavy atom. The zero-order valence-corrected chi connectivity index (χ0v) is 20.9. The van der Waals surface area contributed by atoms with Gasteiger partial charge in [0.25, 0.3) is 0 Å². The van der Waals surface area contributed by atoms with Crippen LogP contribution in [0.25, 0.3) is 10.8 Å². The minimum absolute atomic E-state index is 0.0167. The van der Waals surface area contributed by atoms with Crippen LogP contribution in [0.3, 0.4) is 0 Å². The largest absolute Gasteiger partial charge is 0.389 e. The van der Waals surface area contributed by atoms with Gasteiger partial charge in [-0.2, -0.15) is 0 Å². The summed E-state index contributed by atoms with van der Waals surface area (Å²) in [5, 5.41) is 16.1. The molecule has 0 unspecified atom stereocenters. The summed E-state index contributed by atoms with van der Waals surface area (Å²) >= 11 is 6.68. The molecule has 1 aromatic heterocycles. The number of ether oxygens (including phenoxy) is 2. The number of anilines is 2. The molecule has 1 amide bonds. The maximum absolute atomic E-state index is 12.9. The fourth-order valence-corrected chi connectivity index (χ4v) is 6.41. The molecule has 2 aromatic rings. The Bertz CT molecular complexity index is 1130. The Hall–Kier alpha value is -1.97. The highest BCUT2D eigenvalue weighted by Gasteiger charge is 2.58. The summed E-state index contributed by atoms with van der Waals surface area (Å²) in [7, 11) is 0. The first-order chi connectivity index (χ1) is 16.9. The van der Waals surface area contributed by atoms with E-state index in [1.807, 2.05) is 12.1 Å². The molecule has 0 radical (unpaired) electrons. The van der Waals surface area contributed by atoms with Crippen molar-refractivity contribution in [2.24, 2.45) is 11.3 Å². The lowest BCUT2D eigenvalue weighted by Crippen LogP contribution is -2.60. The van der Waals surface area contributed by atoms with Gasteiger partial charge in [-0.25, -0.2) is 4.98 Å². The van der Waals surface area contributed by atoms with E-state index in [4.69, 9.17) is 21.1 Å². The van der Waals surface area contributed by atoms with Crippen molar-refractivity contribution in [2.75, 3.05) is 62.8 Å². The second-order valence-corrected chi connectivity index (χ2v) is 11.3. The summed E-state index contributed by atoms with van der Waals surface area (Å²) in [4.78, 5) is 22.0. The first-order valence-corrected chi connectivity index (χ1v) is 13.0. The number of hydrogen-bond donors (Lipinski definition) is 2. The molecule has 4 aliphatic rings. The number of aliphatic hydroxyl groups is 1. The Morgan fingerprint density at radius 1 is 1.17 bits per heavy atom. The Balaban J connectivity index is 1.15. The molecule has 188 valence electrons. The van der Waals surface area contributed by atoms with Crippen LogP contribution in [0, 0.1) is 11.3 Å². The Kier molecular flexibility index (Phi) is 5.92. The zero-order valence-electron chi connectivity index (χ0n) is 20.1. The molecule has 35 heavy (non-hydrogen) atoms. The van der Waals surface area contributed by atoms with Gasteiger partial charge in [0.15, 0.2) is 0 Å². The SMILES string of the molecule is C[C@@]1(N2CCN(c3cc4cc(NC(=O)[C@@H]5C[C@]56CCCOC6)ncc4cc3Cl)CC2)COC[C@@H]1O. The number of carbonyl (C=O) groups excluding carboxylic acids is 1. The number of fused-ring (bicyclic) bond motifs is 1. The van der Waals surface area contributed by atoms with E-state index in [1.54, 1.807) is 6.20 Å². The molecular weight excluding hydrogens is 468 g/mol. The van der Waals surface area contributed by atoms with Crippen molar-refractivity contribution in [2.45, 2.75) is 37.8 Å². The highest BCUT2D eigenvalue weighted by atomic mass is 35.5. The van der Waals surface area contributed by atoms with Crippen molar-refractivity contribution in [3.63, 3.8) is 0 Å². The van der Waals surface area contributed by atoms with Crippen molar-refractivity contribution >= 4 is 39.8 Å². The van der Waals surface area contributed by atoms with Crippen LogP contribution in [0.2, 0.25) is 5.02 Å². The summed E-state index contributed by atoms with van der Waals surface area (Å²) in [6.07, 6.45) is 4.31. The second kappa shape index (κ2) is 8.85. The number of amides is 1. The van der Waals surface area contributed by atoms with E-state index in [0.29, 0.717) is 30.7 Å². The number of piperazine rings is 1. The maximum atomic E-state index is 12.9. The number of rotatable bonds is 4. The summed E-state index contributed by atoms with van der Waals surface area (Å²) < 4.78 is 11.2. The molecule has 4 fully saturated rings. The molecule has 6 rings (SSSR count). The first-order valence-electron chi connectivity index (χ1n) is 12.6. The Morgan fingerprint density at radius 3 is 2.71 bits per heavy atom. The minimum atomic E-state index is -0.462. The summed E-state index contributed by atoms with van der Waals surface area (Å²) in [6, 6.07) is 5.97. The lowest BCUT2D eigenvalue weighted by atomic mass is 9.95. The number of aromatic nitrogens is 1. The van der Waals surface area contributed by atoms with Gasteiger partial charge >= 0.3 is 0 Å². The molecule has 9 heteroatoms. The normalized spacial score (nSPS) is 33.4. The minimum Gasteiger partial charge on any atom is -0.389 e. The highest BCUT2D eigenvalue weighted by Crippen LogP contribution is 2.57. The van der Waals surface area contributed by atoms with E-state index in [-0.39, 0.29) is 22.8 Å². The van der Waals surface area contributed by atoms with Crippen LogP contribution < -0.4 is 10.2 Å². The molecule has 3 saturated heterocycles. The van der Waals surface area contributed by atoms with Gasteiger partial charge in [0.2, 0.25) is 5.91 Å². The molecule has 1 spiro atoms. The average molecular weight is 501 g/mol. The lowest BCUT2D eigenvalue weighted by Gasteiger charge is -2.45. The number of carbonyl (C=O) groups is 1. The average Bonchev–Trinajstić information content (AvgIpc) is 3.44. The number of benzene rings is 1. The van der Waals surface area contributed by atoms with Gasteiger partial charge < -0.3 is 24.8 Å². The molecule has 4 atom stereocenters. The topological polar surface area (TPSA) is 87.2 Å². The first kappa shape index (κ1) is 23.4. The number of pyridine rings is 1. The fraction of sp³-hybridized carbons (Fsp3) is 0.615. The standard InChI is InChI=1S/C26H33ClN4O4/c1-25(15-35-14-22(25)32)31-6-4-30(5-7-31)21-10-17-11-23(28-13-18(17)9-20(21)27)29-24(33)19-12-26(19)3-2-8-34-16-26/h9-11,13,19,22,32H,2-8,12,14-16H2,1H3,(H,28,29,33)/t19-,22-,25+,26-/m0/s1. The van der Waals surface area contributed by atoms with E-state index in [1.165, 1.54) is 0 Å². The lowest BCUT2D eigenvalue weighted by molar-refractivity contribution is -0.119. The van der Waals surface area contributed by atoms with Gasteiger partial charge in [-0.1, -0.05) is 11.6 Å². The molecule has 1 saturated carbocycles. The zero-order chi connectivity index (χ0) is 24.2. The van der Waals surface area contributed by atoms with Crippen molar-refractivity contribution in [1.82, 2.24) is 9.88 Å². The van der Waals surface area contributed by atoms with Crippen LogP contribution in [-0.4, -0.2) is 85.1 Å². The predicted octanol–water partition coefficient (Wildman–Crippen LogP) is 2.92. The summed E-state index contributed by atoms with van der Waals surface area (Å²) in [5.74, 6) is 0.629. The fourth-order valence-electron chi connectivity index (χ4n) is 6.12. The van der Waals surface area contributed by atoms with Crippen molar-refractivity contribution in [3.05, 3.63) is 29.4 Å². The third kappa shape index (κ3) is 4.19. The van der Waals surface area contributed by atoms with E-state index in [2.05, 4.69) is 33.1 Å². The number of nitrogens with zero attached hydrogens (tertiary/aromatic N) is 3. The number of hydrogen-bond acceptors (Lipinski definition) is 7. The van der Waals surface area contributed by atoms with Gasteiger partial charge in [0.1, 0.15) is 5.82 Å². The summed E-state index contributed by atoms with van der Waals surface area (Å²) in [6.45, 7) is 7.82. The molecule has 0 bridgehead atoms. The molecule has 1 aliphatic carbocycles. The smallest absolute Gasteiger partial charge is 0.229 e. The van der Waals surface area contributed by atoms with E-state index >= 15 is 0 Å². The number of aliphatic hydroxyl groups excluding tert-OH is 1. The van der Waals surface area contributed by atoms with Gasteiger partial charge in [0.05, 0.1) is 42.2 Å². The van der Waals surface area contributed by atoms with Gasteiger partial charge in [-0.15, -0.1) is 0 Å². The van der Waals surface area contributed by atoms with Gasteiger partial charge in [0, 0.05) is 55.7 Å². The molecule has 3 aliphatic heterocycles. The van der Waals surface area contributed by atoms with Crippen LogP contribution in [0.4, 0.5) is 11.5 Å². The van der Waals surface area contributed by atoms with E-state index < -0.39 is 6.10 Å². The van der Waals surface area contributed by atoms with Crippen LogP contribution in [0.15, 0.2) is 24.4 Å². The molecule has 2 N–H and O–H groups in total. The molecule has 4 heterocycles. The molecular formula is C26H33ClN4O4. The third-order valence-electron chi connectivity index (χ3n) is 8.63. The third-order valence-corrected chi connectivity index (χ3v) is 8.93. The summed E-state index contributed by atoms with van der Waals surface area (Å²) in [5.41, 5.74) is 0.693. The predicted molar refractivity (Wildman–Crippen MR) is 135 cm³/mol. The van der Waals surface area contributed by atoms with Crippen LogP contribution in [0.5, 0.6) is 0 Å². The van der Waals surface area contributed by atoms with Crippen LogP contribution >= 0.6 is 11.6 Å². The van der Waals surface area contributed by atoms with Crippen LogP contribution in [0.1, 0.15) is 26.2 Å². The molecule has 8 nitrogen and oxygen atoms in total. The van der Waals surface area contributed by atoms with E-state index in [0.717, 1.165) is 68.5 Å². The van der Waals surface area contributed by atoms with Crippen molar-refractivity contribution < 1.29 is 19.4 Å². The monoisotopic (exact) mass is 500 g/mol. The van der Waals surface area contributed by atoms with Crippen molar-refractivity contribution in [1.29, 1.82) is 0 Å². The van der Waals surface area contributed by atoms with Crippen molar-refractivity contribution in [3.8, 4) is 0 Å².